The topological polar surface area (TPSA) is 68.5 Å². The van der Waals surface area contributed by atoms with Crippen molar-refractivity contribution in [1.29, 1.82) is 0 Å². The van der Waals surface area contributed by atoms with Gasteiger partial charge in [0.1, 0.15) is 11.3 Å². The van der Waals surface area contributed by atoms with Crippen LogP contribution < -0.4 is 15.7 Å². The molecule has 23 heavy (non-hydrogen) atoms. The highest BCUT2D eigenvalue weighted by Gasteiger charge is 2.07. The lowest BCUT2D eigenvalue weighted by atomic mass is 10.1. The summed E-state index contributed by atoms with van der Waals surface area (Å²) in [6, 6.07) is 6.79. The van der Waals surface area contributed by atoms with Crippen molar-refractivity contribution in [1.82, 2.24) is 5.32 Å². The van der Waals surface area contributed by atoms with E-state index in [-0.39, 0.29) is 18.1 Å². The lowest BCUT2D eigenvalue weighted by Crippen LogP contribution is -2.30. The number of carbonyl (C=O) groups excluding carboxylic acids is 1. The quantitative estimate of drug-likeness (QED) is 0.797. The molecule has 0 saturated heterocycles. The van der Waals surface area contributed by atoms with Crippen molar-refractivity contribution in [2.45, 2.75) is 33.6 Å². The fraction of sp³-hybridized carbons (Fsp3) is 0.444. The van der Waals surface area contributed by atoms with E-state index >= 15 is 0 Å². The number of aryl methyl sites for hydroxylation is 1. The fourth-order valence-corrected chi connectivity index (χ4v) is 2.29. The van der Waals surface area contributed by atoms with Crippen LogP contribution in [0.2, 0.25) is 0 Å². The molecule has 0 unspecified atom stereocenters. The number of hydrogen-bond donors (Lipinski definition) is 1. The molecule has 0 bridgehead atoms. The fourth-order valence-electron chi connectivity index (χ4n) is 2.29. The van der Waals surface area contributed by atoms with Crippen LogP contribution in [-0.2, 0) is 11.2 Å². The Morgan fingerprint density at radius 1 is 1.30 bits per heavy atom. The van der Waals surface area contributed by atoms with Gasteiger partial charge in [0, 0.05) is 24.1 Å². The Bertz CT molecular complexity index is 733. The maximum atomic E-state index is 11.7. The molecule has 0 aliphatic rings. The first-order valence-corrected chi connectivity index (χ1v) is 7.96. The smallest absolute Gasteiger partial charge is 0.336 e. The summed E-state index contributed by atoms with van der Waals surface area (Å²) in [5, 5.41) is 3.70. The molecule has 124 valence electrons. The van der Waals surface area contributed by atoms with E-state index in [1.54, 1.807) is 12.1 Å². The summed E-state index contributed by atoms with van der Waals surface area (Å²) in [5.41, 5.74) is 1.04. The number of fused-ring (bicyclic) bond motifs is 1. The summed E-state index contributed by atoms with van der Waals surface area (Å²) in [5.74, 6) is 0.898. The molecule has 2 aromatic rings. The highest BCUT2D eigenvalue weighted by atomic mass is 16.5. The molecule has 0 radical (unpaired) electrons. The molecule has 1 amide bonds. The Labute approximate surface area is 135 Å². The Balaban J connectivity index is 2.01. The second-order valence-corrected chi connectivity index (χ2v) is 5.92. The average molecular weight is 317 g/mol. The summed E-state index contributed by atoms with van der Waals surface area (Å²) in [6.07, 6.45) is 1.69. The zero-order chi connectivity index (χ0) is 16.8. The van der Waals surface area contributed by atoms with Crippen LogP contribution >= 0.6 is 0 Å². The van der Waals surface area contributed by atoms with E-state index in [9.17, 15) is 9.59 Å². The van der Waals surface area contributed by atoms with Gasteiger partial charge in [-0.1, -0.05) is 20.8 Å². The van der Waals surface area contributed by atoms with Gasteiger partial charge in [-0.15, -0.1) is 0 Å². The lowest BCUT2D eigenvalue weighted by Gasteiger charge is -2.09. The Hall–Kier alpha value is -2.30. The minimum Gasteiger partial charge on any atom is -0.484 e. The third kappa shape index (κ3) is 4.84. The number of benzene rings is 1. The van der Waals surface area contributed by atoms with Crippen molar-refractivity contribution in [2.75, 3.05) is 13.2 Å². The molecule has 1 heterocycles. The molecule has 0 atom stereocenters. The van der Waals surface area contributed by atoms with Crippen molar-refractivity contribution in [3.8, 4) is 5.75 Å². The van der Waals surface area contributed by atoms with Gasteiger partial charge in [-0.05, 0) is 36.5 Å². The Kier molecular flexibility index (Phi) is 5.79. The van der Waals surface area contributed by atoms with Crippen LogP contribution in [0.25, 0.3) is 11.0 Å². The summed E-state index contributed by atoms with van der Waals surface area (Å²) in [6.45, 7) is 6.79. The maximum Gasteiger partial charge on any atom is 0.336 e. The number of ether oxygens (including phenoxy) is 1. The first kappa shape index (κ1) is 17.1. The molecule has 0 saturated carbocycles. The van der Waals surface area contributed by atoms with Gasteiger partial charge >= 0.3 is 5.63 Å². The van der Waals surface area contributed by atoms with Crippen LogP contribution in [0, 0.1) is 5.92 Å². The molecule has 1 aromatic carbocycles. The minimum atomic E-state index is -0.377. The van der Waals surface area contributed by atoms with E-state index in [2.05, 4.69) is 19.2 Å². The second-order valence-electron chi connectivity index (χ2n) is 5.92. The largest absolute Gasteiger partial charge is 0.484 e. The molecule has 5 heteroatoms. The Morgan fingerprint density at radius 2 is 2.09 bits per heavy atom. The van der Waals surface area contributed by atoms with Crippen LogP contribution in [0.4, 0.5) is 0 Å². The first-order chi connectivity index (χ1) is 11.0. The normalized spacial score (nSPS) is 11.0. The third-order valence-corrected chi connectivity index (χ3v) is 3.60. The van der Waals surface area contributed by atoms with Gasteiger partial charge in [0.2, 0.25) is 0 Å². The van der Waals surface area contributed by atoms with Crippen LogP contribution in [0.15, 0.2) is 33.5 Å². The van der Waals surface area contributed by atoms with Gasteiger partial charge in [0.15, 0.2) is 6.61 Å². The van der Waals surface area contributed by atoms with Crippen molar-refractivity contribution >= 4 is 16.9 Å². The number of hydrogen-bond acceptors (Lipinski definition) is 4. The van der Waals surface area contributed by atoms with Crippen LogP contribution in [0.1, 0.15) is 32.8 Å². The van der Waals surface area contributed by atoms with Gasteiger partial charge in [-0.2, -0.15) is 0 Å². The molecular formula is C18H23NO4. The lowest BCUT2D eigenvalue weighted by molar-refractivity contribution is -0.123. The van der Waals surface area contributed by atoms with E-state index in [1.807, 2.05) is 13.0 Å². The predicted octanol–water partition coefficient (Wildman–Crippen LogP) is 2.90. The van der Waals surface area contributed by atoms with E-state index < -0.39 is 0 Å². The molecule has 0 fully saturated rings. The highest BCUT2D eigenvalue weighted by molar-refractivity contribution is 5.82. The highest BCUT2D eigenvalue weighted by Crippen LogP contribution is 2.22. The zero-order valence-corrected chi connectivity index (χ0v) is 13.8. The molecule has 0 aliphatic carbocycles. The average Bonchev–Trinajstić information content (AvgIpc) is 2.51. The number of nitrogens with one attached hydrogen (secondary N) is 1. The van der Waals surface area contributed by atoms with E-state index in [4.69, 9.17) is 9.15 Å². The molecule has 1 aromatic heterocycles. The van der Waals surface area contributed by atoms with Gasteiger partial charge in [-0.25, -0.2) is 4.79 Å². The van der Waals surface area contributed by atoms with Crippen LogP contribution in [0.3, 0.4) is 0 Å². The third-order valence-electron chi connectivity index (χ3n) is 3.60. The van der Waals surface area contributed by atoms with Crippen molar-refractivity contribution in [3.05, 3.63) is 40.2 Å². The summed E-state index contributed by atoms with van der Waals surface area (Å²) >= 11 is 0. The zero-order valence-electron chi connectivity index (χ0n) is 13.8. The van der Waals surface area contributed by atoms with Gasteiger partial charge in [0.25, 0.3) is 5.91 Å². The maximum absolute atomic E-state index is 11.7. The SMILES string of the molecule is CCc1cc(=O)oc2cc(OCC(=O)NCCC(C)C)ccc12. The number of carbonyl (C=O) groups is 1. The second kappa shape index (κ2) is 7.81. The van der Waals surface area contributed by atoms with Gasteiger partial charge < -0.3 is 14.5 Å². The van der Waals surface area contributed by atoms with Gasteiger partial charge in [-0.3, -0.25) is 4.79 Å². The molecule has 0 aliphatic heterocycles. The van der Waals surface area contributed by atoms with E-state index in [0.29, 0.717) is 23.8 Å². The van der Waals surface area contributed by atoms with Gasteiger partial charge in [0.05, 0.1) is 0 Å². The standard InChI is InChI=1S/C18H23NO4/c1-4-13-9-18(21)23-16-10-14(5-6-15(13)16)22-11-17(20)19-8-7-12(2)3/h5-6,9-10,12H,4,7-8,11H2,1-3H3,(H,19,20). The minimum absolute atomic E-state index is 0.0543. The molecular weight excluding hydrogens is 294 g/mol. The Morgan fingerprint density at radius 3 is 2.78 bits per heavy atom. The first-order valence-electron chi connectivity index (χ1n) is 7.96. The number of amides is 1. The van der Waals surface area contributed by atoms with Crippen molar-refractivity contribution in [3.63, 3.8) is 0 Å². The summed E-state index contributed by atoms with van der Waals surface area (Å²) in [7, 11) is 0. The van der Waals surface area contributed by atoms with E-state index in [0.717, 1.165) is 23.8 Å². The molecule has 0 spiro atoms. The van der Waals surface area contributed by atoms with E-state index in [1.165, 1.54) is 6.07 Å². The molecule has 2 rings (SSSR count). The number of rotatable bonds is 7. The van der Waals surface area contributed by atoms with Crippen molar-refractivity contribution in [2.24, 2.45) is 5.92 Å². The van der Waals surface area contributed by atoms with Crippen molar-refractivity contribution < 1.29 is 13.9 Å². The van der Waals surface area contributed by atoms with Crippen LogP contribution in [-0.4, -0.2) is 19.1 Å². The summed E-state index contributed by atoms with van der Waals surface area (Å²) < 4.78 is 10.7. The summed E-state index contributed by atoms with van der Waals surface area (Å²) in [4.78, 5) is 23.2. The van der Waals surface area contributed by atoms with Crippen LogP contribution in [0.5, 0.6) is 5.75 Å². The molecule has 5 nitrogen and oxygen atoms in total. The molecule has 1 N–H and O–H groups in total. The predicted molar refractivity (Wildman–Crippen MR) is 89.8 cm³/mol. The monoisotopic (exact) mass is 317 g/mol.